The summed E-state index contributed by atoms with van der Waals surface area (Å²) in [4.78, 5) is 8.61. The first-order valence-electron chi connectivity index (χ1n) is 2.94. The van der Waals surface area contributed by atoms with Crippen LogP contribution in [0, 0.1) is 0 Å². The van der Waals surface area contributed by atoms with Crippen molar-refractivity contribution in [2.24, 2.45) is 0 Å². The van der Waals surface area contributed by atoms with E-state index in [0.717, 1.165) is 10.6 Å². The van der Waals surface area contributed by atoms with E-state index < -0.39 is 0 Å². The third kappa shape index (κ3) is 2.37. The number of hydrogen-bond donors (Lipinski definition) is 1. The van der Waals surface area contributed by atoms with Crippen LogP contribution in [0.3, 0.4) is 0 Å². The Morgan fingerprint density at radius 3 is 2.40 bits per heavy atom. The van der Waals surface area contributed by atoms with Crippen LogP contribution in [0.4, 0.5) is 0 Å². The lowest BCUT2D eigenvalue weighted by atomic mass is 10.2. The normalized spacial score (nSPS) is 11.0. The highest BCUT2D eigenvalue weighted by Crippen LogP contribution is 2.16. The highest BCUT2D eigenvalue weighted by atomic mass is 79.9. The predicted molar refractivity (Wildman–Crippen MR) is 48.4 cm³/mol. The highest BCUT2D eigenvalue weighted by molar-refractivity contribution is 9.10. The van der Waals surface area contributed by atoms with Crippen LogP contribution in [0.1, 0.15) is 5.56 Å². The van der Waals surface area contributed by atoms with Crippen molar-refractivity contribution in [3.8, 4) is 0 Å². The van der Waals surface area contributed by atoms with Gasteiger partial charge in [0.05, 0.1) is 0 Å². The third-order valence-corrected chi connectivity index (χ3v) is 2.29. The van der Waals surface area contributed by atoms with Gasteiger partial charge in [-0.15, -0.1) is 0 Å². The van der Waals surface area contributed by atoms with Gasteiger partial charge in [-0.2, -0.15) is 0 Å². The molecule has 1 nitrogen and oxygen atoms in total. The Hall–Kier alpha value is 0.0900. The van der Waals surface area contributed by atoms with Gasteiger partial charge in [-0.25, -0.2) is 0 Å². The van der Waals surface area contributed by atoms with Crippen LogP contribution < -0.4 is 0 Å². The van der Waals surface area contributed by atoms with E-state index in [9.17, 15) is 0 Å². The van der Waals surface area contributed by atoms with Crippen LogP contribution in [-0.4, -0.2) is 4.89 Å². The maximum Gasteiger partial charge on any atom is 0.0175 e. The molecule has 1 unspecified atom stereocenters. The monoisotopic (exact) mass is 218 g/mol. The molecule has 0 radical (unpaired) electrons. The van der Waals surface area contributed by atoms with Crippen molar-refractivity contribution < 1.29 is 4.89 Å². The summed E-state index contributed by atoms with van der Waals surface area (Å²) in [6, 6.07) is 7.98. The molecule has 1 N–H and O–H groups in total. The fourth-order valence-electron chi connectivity index (χ4n) is 0.694. The minimum Gasteiger partial charge on any atom is -0.377 e. The molecule has 0 saturated carbocycles. The van der Waals surface area contributed by atoms with Crippen molar-refractivity contribution in [1.82, 2.24) is 0 Å². The Labute approximate surface area is 70.5 Å². The summed E-state index contributed by atoms with van der Waals surface area (Å²) in [5.74, 6) is 0. The first kappa shape index (κ1) is 8.19. The molecule has 0 fully saturated rings. The van der Waals surface area contributed by atoms with Crippen molar-refractivity contribution in [3.63, 3.8) is 0 Å². The molecule has 1 aromatic carbocycles. The van der Waals surface area contributed by atoms with Gasteiger partial charge in [0, 0.05) is 19.4 Å². The second kappa shape index (κ2) is 4.07. The molecule has 54 valence electrons. The molecule has 3 heteroatoms. The fourth-order valence-corrected chi connectivity index (χ4v) is 1.38. The van der Waals surface area contributed by atoms with E-state index in [1.165, 1.54) is 5.56 Å². The summed E-state index contributed by atoms with van der Waals surface area (Å²) >= 11 is 3.34. The SMILES string of the molecule is OPCc1ccc(Br)cc1. The second-order valence-corrected chi connectivity index (χ2v) is 3.55. The summed E-state index contributed by atoms with van der Waals surface area (Å²) in [5.41, 5.74) is 1.18. The molecule has 0 aliphatic heterocycles. The van der Waals surface area contributed by atoms with Gasteiger partial charge >= 0.3 is 0 Å². The molecule has 0 aliphatic carbocycles. The third-order valence-electron chi connectivity index (χ3n) is 1.20. The largest absolute Gasteiger partial charge is 0.377 e. The summed E-state index contributed by atoms with van der Waals surface area (Å²) in [7, 11) is 0.0167. The molecular formula is C7H8BrOP. The minimum absolute atomic E-state index is 0.0167. The number of hydrogen-bond acceptors (Lipinski definition) is 1. The maximum absolute atomic E-state index is 8.61. The minimum atomic E-state index is 0.0167. The summed E-state index contributed by atoms with van der Waals surface area (Å²) in [6.45, 7) is 0. The van der Waals surface area contributed by atoms with Gasteiger partial charge < -0.3 is 4.89 Å². The smallest absolute Gasteiger partial charge is 0.0175 e. The van der Waals surface area contributed by atoms with Crippen LogP contribution in [0.5, 0.6) is 0 Å². The summed E-state index contributed by atoms with van der Waals surface area (Å²) in [5, 5.41) is 0. The first-order chi connectivity index (χ1) is 4.83. The van der Waals surface area contributed by atoms with Crippen LogP contribution in [0.15, 0.2) is 28.7 Å². The lowest BCUT2D eigenvalue weighted by Gasteiger charge is -1.95. The van der Waals surface area contributed by atoms with Gasteiger partial charge in [-0.3, -0.25) is 0 Å². The molecule has 0 aliphatic rings. The Kier molecular flexibility index (Phi) is 3.33. The Balaban J connectivity index is 2.69. The molecule has 1 rings (SSSR count). The average molecular weight is 219 g/mol. The Morgan fingerprint density at radius 1 is 1.30 bits per heavy atom. The number of rotatable bonds is 2. The van der Waals surface area contributed by atoms with E-state index in [2.05, 4.69) is 15.9 Å². The molecule has 1 aromatic rings. The zero-order valence-electron chi connectivity index (χ0n) is 5.34. The van der Waals surface area contributed by atoms with Gasteiger partial charge in [0.25, 0.3) is 0 Å². The van der Waals surface area contributed by atoms with E-state index in [-0.39, 0.29) is 8.81 Å². The second-order valence-electron chi connectivity index (χ2n) is 1.96. The van der Waals surface area contributed by atoms with Crippen molar-refractivity contribution in [2.45, 2.75) is 6.16 Å². The average Bonchev–Trinajstić information content (AvgIpc) is 1.95. The molecular weight excluding hydrogens is 211 g/mol. The van der Waals surface area contributed by atoms with Gasteiger partial charge in [0.1, 0.15) is 0 Å². The van der Waals surface area contributed by atoms with E-state index in [4.69, 9.17) is 4.89 Å². The number of benzene rings is 1. The molecule has 0 bridgehead atoms. The molecule has 0 aromatic heterocycles. The van der Waals surface area contributed by atoms with Gasteiger partial charge in [0.15, 0.2) is 0 Å². The quantitative estimate of drug-likeness (QED) is 0.757. The zero-order valence-corrected chi connectivity index (χ0v) is 7.93. The molecule has 0 amide bonds. The molecule has 0 spiro atoms. The molecule has 1 atom stereocenters. The first-order valence-corrected chi connectivity index (χ1v) is 4.89. The van der Waals surface area contributed by atoms with Crippen molar-refractivity contribution in [2.75, 3.05) is 0 Å². The van der Waals surface area contributed by atoms with Crippen molar-refractivity contribution in [3.05, 3.63) is 34.3 Å². The Bertz CT molecular complexity index is 197. The van der Waals surface area contributed by atoms with E-state index in [1.807, 2.05) is 24.3 Å². The summed E-state index contributed by atoms with van der Waals surface area (Å²) in [6.07, 6.45) is 0.771. The zero-order chi connectivity index (χ0) is 7.40. The van der Waals surface area contributed by atoms with Crippen molar-refractivity contribution >= 4 is 24.7 Å². The van der Waals surface area contributed by atoms with Gasteiger partial charge in [-0.05, 0) is 17.7 Å². The van der Waals surface area contributed by atoms with Crippen LogP contribution in [0.25, 0.3) is 0 Å². The van der Waals surface area contributed by atoms with Crippen LogP contribution in [-0.2, 0) is 6.16 Å². The van der Waals surface area contributed by atoms with E-state index in [1.54, 1.807) is 0 Å². The maximum atomic E-state index is 8.61. The molecule has 10 heavy (non-hydrogen) atoms. The topological polar surface area (TPSA) is 20.2 Å². The van der Waals surface area contributed by atoms with Crippen molar-refractivity contribution in [1.29, 1.82) is 0 Å². The number of halogens is 1. The summed E-state index contributed by atoms with van der Waals surface area (Å²) < 4.78 is 1.08. The molecule has 0 heterocycles. The fraction of sp³-hybridized carbons (Fsp3) is 0.143. The Morgan fingerprint density at radius 2 is 1.90 bits per heavy atom. The van der Waals surface area contributed by atoms with E-state index in [0.29, 0.717) is 0 Å². The van der Waals surface area contributed by atoms with Crippen LogP contribution >= 0.6 is 24.7 Å². The highest BCUT2D eigenvalue weighted by Gasteiger charge is 1.89. The lowest BCUT2D eigenvalue weighted by molar-refractivity contribution is 0.644. The standard InChI is InChI=1S/C7H8BrOP/c8-7-3-1-6(2-4-7)5-10-9/h1-4,9-10H,5H2. The van der Waals surface area contributed by atoms with Gasteiger partial charge in [-0.1, -0.05) is 28.1 Å². The van der Waals surface area contributed by atoms with Gasteiger partial charge in [0.2, 0.25) is 0 Å². The van der Waals surface area contributed by atoms with Crippen LogP contribution in [0.2, 0.25) is 0 Å². The predicted octanol–water partition coefficient (Wildman–Crippen LogP) is 2.53. The van der Waals surface area contributed by atoms with E-state index >= 15 is 0 Å². The molecule has 0 saturated heterocycles. The lowest BCUT2D eigenvalue weighted by Crippen LogP contribution is -1.75.